The van der Waals surface area contributed by atoms with Gasteiger partial charge >= 0.3 is 0 Å². The third-order valence-electron chi connectivity index (χ3n) is 5.34. The molecule has 0 radical (unpaired) electrons. The Morgan fingerprint density at radius 2 is 1.78 bits per heavy atom. The molecule has 6 heteroatoms. The van der Waals surface area contributed by atoms with Gasteiger partial charge in [0.1, 0.15) is 11.4 Å². The summed E-state index contributed by atoms with van der Waals surface area (Å²) in [4.78, 5) is 32.2. The Kier molecular flexibility index (Phi) is 6.03. The van der Waals surface area contributed by atoms with Crippen molar-refractivity contribution in [3.8, 4) is 5.75 Å². The average molecular weight is 428 g/mol. The minimum atomic E-state index is -0.358. The topological polar surface area (TPSA) is 71.5 Å². The molecule has 32 heavy (non-hydrogen) atoms. The summed E-state index contributed by atoms with van der Waals surface area (Å²) in [5.74, 6) is 0.0179. The summed E-state index contributed by atoms with van der Waals surface area (Å²) >= 11 is 0. The number of benzene rings is 2. The predicted octanol–water partition coefficient (Wildman–Crippen LogP) is 4.49. The summed E-state index contributed by atoms with van der Waals surface area (Å²) in [5.41, 5.74) is 4.92. The van der Waals surface area contributed by atoms with Crippen molar-refractivity contribution in [3.63, 3.8) is 0 Å². The quantitative estimate of drug-likeness (QED) is 0.563. The summed E-state index contributed by atoms with van der Waals surface area (Å²) in [6, 6.07) is 16.8. The second kappa shape index (κ2) is 9.06. The summed E-state index contributed by atoms with van der Waals surface area (Å²) in [6.07, 6.45) is 3.32. The van der Waals surface area contributed by atoms with Gasteiger partial charge in [-0.05, 0) is 67.3 Å². The van der Waals surface area contributed by atoms with Gasteiger partial charge in [0.05, 0.1) is 18.7 Å². The SMILES string of the molecule is CCOc1ccc(C2=C(Nc3cc(C)ccc3C)C(=O)N(Cc3cccnc3)C2=O)cc1. The molecule has 0 atom stereocenters. The number of carbonyl (C=O) groups excluding carboxylic acids is 2. The van der Waals surface area contributed by atoms with Crippen LogP contribution in [0.4, 0.5) is 5.69 Å². The normalized spacial score (nSPS) is 13.7. The van der Waals surface area contributed by atoms with E-state index in [-0.39, 0.29) is 24.1 Å². The lowest BCUT2D eigenvalue weighted by Crippen LogP contribution is -2.32. The van der Waals surface area contributed by atoms with Crippen LogP contribution >= 0.6 is 0 Å². The largest absolute Gasteiger partial charge is 0.494 e. The van der Waals surface area contributed by atoms with E-state index in [4.69, 9.17) is 4.74 Å². The van der Waals surface area contributed by atoms with Crippen LogP contribution in [0.5, 0.6) is 5.75 Å². The molecule has 1 N–H and O–H groups in total. The zero-order valence-corrected chi connectivity index (χ0v) is 18.4. The molecule has 2 amide bonds. The number of aryl methyl sites for hydroxylation is 2. The fourth-order valence-electron chi connectivity index (χ4n) is 3.67. The van der Waals surface area contributed by atoms with Crippen molar-refractivity contribution in [2.24, 2.45) is 0 Å². The highest BCUT2D eigenvalue weighted by atomic mass is 16.5. The molecule has 2 heterocycles. The van der Waals surface area contributed by atoms with Gasteiger partial charge < -0.3 is 10.1 Å². The first-order chi connectivity index (χ1) is 15.5. The summed E-state index contributed by atoms with van der Waals surface area (Å²) in [6.45, 7) is 6.58. The third kappa shape index (κ3) is 4.25. The van der Waals surface area contributed by atoms with E-state index in [2.05, 4.69) is 10.3 Å². The molecule has 1 aromatic heterocycles. The van der Waals surface area contributed by atoms with Gasteiger partial charge in [-0.15, -0.1) is 0 Å². The van der Waals surface area contributed by atoms with Crippen LogP contribution in [0.25, 0.3) is 5.57 Å². The maximum absolute atomic E-state index is 13.4. The lowest BCUT2D eigenvalue weighted by Gasteiger charge is -2.15. The first-order valence-corrected chi connectivity index (χ1v) is 10.5. The van der Waals surface area contributed by atoms with Crippen LogP contribution < -0.4 is 10.1 Å². The van der Waals surface area contributed by atoms with Gasteiger partial charge in [0, 0.05) is 18.1 Å². The highest BCUT2D eigenvalue weighted by molar-refractivity contribution is 6.36. The molecule has 4 rings (SSSR count). The third-order valence-corrected chi connectivity index (χ3v) is 5.34. The Bertz CT molecular complexity index is 1180. The number of anilines is 1. The van der Waals surface area contributed by atoms with E-state index in [1.165, 1.54) is 4.90 Å². The Morgan fingerprint density at radius 1 is 1.00 bits per heavy atom. The number of imide groups is 1. The Morgan fingerprint density at radius 3 is 2.47 bits per heavy atom. The fourth-order valence-corrected chi connectivity index (χ4v) is 3.67. The van der Waals surface area contributed by atoms with Crippen molar-refractivity contribution >= 4 is 23.1 Å². The number of hydrogen-bond acceptors (Lipinski definition) is 5. The summed E-state index contributed by atoms with van der Waals surface area (Å²) in [5, 5.41) is 3.25. The zero-order valence-electron chi connectivity index (χ0n) is 18.4. The molecule has 0 spiro atoms. The molecular formula is C26H25N3O3. The number of nitrogens with zero attached hydrogens (tertiary/aromatic N) is 2. The molecule has 1 aliphatic heterocycles. The van der Waals surface area contributed by atoms with E-state index < -0.39 is 0 Å². The lowest BCUT2D eigenvalue weighted by molar-refractivity contribution is -0.137. The molecule has 0 saturated heterocycles. The number of carbonyl (C=O) groups is 2. The maximum atomic E-state index is 13.4. The second-order valence-electron chi connectivity index (χ2n) is 7.71. The molecular weight excluding hydrogens is 402 g/mol. The van der Waals surface area contributed by atoms with E-state index in [1.54, 1.807) is 18.5 Å². The van der Waals surface area contributed by atoms with Gasteiger partial charge in [0.25, 0.3) is 11.8 Å². The molecule has 0 unspecified atom stereocenters. The van der Waals surface area contributed by atoms with Crippen molar-refractivity contribution < 1.29 is 14.3 Å². The Labute approximate surface area is 187 Å². The number of nitrogens with one attached hydrogen (secondary N) is 1. The summed E-state index contributed by atoms with van der Waals surface area (Å²) < 4.78 is 5.52. The van der Waals surface area contributed by atoms with E-state index in [1.807, 2.05) is 69.3 Å². The van der Waals surface area contributed by atoms with Crippen molar-refractivity contribution in [1.82, 2.24) is 9.88 Å². The van der Waals surface area contributed by atoms with Crippen molar-refractivity contribution in [3.05, 3.63) is 94.9 Å². The van der Waals surface area contributed by atoms with Gasteiger partial charge in [-0.1, -0.05) is 30.3 Å². The highest BCUT2D eigenvalue weighted by Crippen LogP contribution is 2.33. The maximum Gasteiger partial charge on any atom is 0.278 e. The van der Waals surface area contributed by atoms with Crippen LogP contribution in [0.1, 0.15) is 29.2 Å². The number of ether oxygens (including phenoxy) is 1. The molecule has 162 valence electrons. The van der Waals surface area contributed by atoms with E-state index in [9.17, 15) is 9.59 Å². The second-order valence-corrected chi connectivity index (χ2v) is 7.71. The number of hydrogen-bond donors (Lipinski definition) is 1. The van der Waals surface area contributed by atoms with Gasteiger partial charge in [-0.25, -0.2) is 0 Å². The fraction of sp³-hybridized carbons (Fsp3) is 0.192. The molecule has 3 aromatic rings. The van der Waals surface area contributed by atoms with Crippen LogP contribution in [-0.4, -0.2) is 28.3 Å². The number of pyridine rings is 1. The van der Waals surface area contributed by atoms with Crippen molar-refractivity contribution in [2.45, 2.75) is 27.3 Å². The van der Waals surface area contributed by atoms with E-state index in [0.717, 1.165) is 22.4 Å². The average Bonchev–Trinajstić information content (AvgIpc) is 3.02. The first-order valence-electron chi connectivity index (χ1n) is 10.5. The minimum Gasteiger partial charge on any atom is -0.494 e. The monoisotopic (exact) mass is 427 g/mol. The van der Waals surface area contributed by atoms with Gasteiger partial charge in [0.15, 0.2) is 0 Å². The molecule has 6 nitrogen and oxygen atoms in total. The smallest absolute Gasteiger partial charge is 0.278 e. The molecule has 2 aromatic carbocycles. The van der Waals surface area contributed by atoms with Crippen LogP contribution in [0.3, 0.4) is 0 Å². The Hall–Kier alpha value is -3.93. The summed E-state index contributed by atoms with van der Waals surface area (Å²) in [7, 11) is 0. The van der Waals surface area contributed by atoms with E-state index in [0.29, 0.717) is 23.5 Å². The zero-order chi connectivity index (χ0) is 22.7. The molecule has 1 aliphatic rings. The van der Waals surface area contributed by atoms with E-state index >= 15 is 0 Å². The first kappa shape index (κ1) is 21.3. The predicted molar refractivity (Wildman–Crippen MR) is 124 cm³/mol. The van der Waals surface area contributed by atoms with Crippen molar-refractivity contribution in [2.75, 3.05) is 11.9 Å². The van der Waals surface area contributed by atoms with Crippen LogP contribution in [0, 0.1) is 13.8 Å². The van der Waals surface area contributed by atoms with Gasteiger partial charge in [0.2, 0.25) is 0 Å². The van der Waals surface area contributed by atoms with Crippen molar-refractivity contribution in [1.29, 1.82) is 0 Å². The molecule has 0 saturated carbocycles. The minimum absolute atomic E-state index is 0.157. The van der Waals surface area contributed by atoms with Crippen LogP contribution in [-0.2, 0) is 16.1 Å². The van der Waals surface area contributed by atoms with Crippen LogP contribution in [0.2, 0.25) is 0 Å². The van der Waals surface area contributed by atoms with Gasteiger partial charge in [-0.3, -0.25) is 19.5 Å². The van der Waals surface area contributed by atoms with Gasteiger partial charge in [-0.2, -0.15) is 0 Å². The number of amides is 2. The number of aromatic nitrogens is 1. The molecule has 0 fully saturated rings. The van der Waals surface area contributed by atoms with Crippen LogP contribution in [0.15, 0.2) is 72.7 Å². The number of rotatable bonds is 7. The lowest BCUT2D eigenvalue weighted by atomic mass is 10.0. The highest BCUT2D eigenvalue weighted by Gasteiger charge is 2.39. The molecule has 0 aliphatic carbocycles. The Balaban J connectivity index is 1.75. The molecule has 0 bridgehead atoms. The standard InChI is InChI=1S/C26H25N3O3/c1-4-32-21-11-9-20(10-12-21)23-24(28-22-14-17(2)7-8-18(22)3)26(31)29(25(23)30)16-19-6-5-13-27-15-19/h5-15,28H,4,16H2,1-3H3.